The number of rotatable bonds is 4. The molecule has 0 aromatic carbocycles. The van der Waals surface area contributed by atoms with Crippen molar-refractivity contribution < 1.29 is 9.53 Å². The number of ether oxygens (including phenoxy) is 1. The number of thiophene rings is 1. The number of carbonyl (C=O) groups is 1. The number of amides is 1. The Labute approximate surface area is 138 Å². The first-order valence-corrected chi connectivity index (χ1v) is 8.45. The highest BCUT2D eigenvalue weighted by Gasteiger charge is 2.23. The van der Waals surface area contributed by atoms with Gasteiger partial charge in [-0.15, -0.1) is 0 Å². The zero-order chi connectivity index (χ0) is 16.2. The van der Waals surface area contributed by atoms with Crippen LogP contribution < -0.4 is 20.9 Å². The highest BCUT2D eigenvalue weighted by Crippen LogP contribution is 2.22. The molecule has 3 rings (SSSR count). The summed E-state index contributed by atoms with van der Waals surface area (Å²) in [7, 11) is 1.48. The lowest BCUT2D eigenvalue weighted by molar-refractivity contribution is 0.0945. The van der Waals surface area contributed by atoms with E-state index in [2.05, 4.69) is 10.6 Å². The minimum absolute atomic E-state index is 0.130. The standard InChI is InChI=1S/C16H19N3O3S/c1-22-13-8-14(20)19-6-5-17-4-2-12(19)15(13)16(21)18-9-11-3-7-23-10-11/h3,7-8,10,17H,2,4-6,9H2,1H3,(H,18,21). The molecule has 0 atom stereocenters. The number of aromatic nitrogens is 1. The number of nitrogens with one attached hydrogen (secondary N) is 2. The first-order valence-electron chi connectivity index (χ1n) is 7.51. The Bertz CT molecular complexity index is 753. The van der Waals surface area contributed by atoms with Crippen molar-refractivity contribution in [1.29, 1.82) is 0 Å². The molecule has 0 saturated heterocycles. The molecule has 122 valence electrons. The van der Waals surface area contributed by atoms with E-state index in [9.17, 15) is 9.59 Å². The van der Waals surface area contributed by atoms with E-state index in [0.29, 0.717) is 30.8 Å². The lowest BCUT2D eigenvalue weighted by atomic mass is 10.1. The number of methoxy groups -OCH3 is 1. The second-order valence-electron chi connectivity index (χ2n) is 5.34. The van der Waals surface area contributed by atoms with Crippen molar-refractivity contribution in [2.24, 2.45) is 0 Å². The molecule has 0 radical (unpaired) electrons. The zero-order valence-corrected chi connectivity index (χ0v) is 13.7. The SMILES string of the molecule is COc1cc(=O)n2c(c1C(=O)NCc1ccsc1)CCNCC2. The predicted octanol–water partition coefficient (Wildman–Crippen LogP) is 0.994. The third kappa shape index (κ3) is 3.30. The van der Waals surface area contributed by atoms with Crippen molar-refractivity contribution in [2.45, 2.75) is 19.5 Å². The van der Waals surface area contributed by atoms with Crippen LogP contribution in [-0.2, 0) is 19.5 Å². The normalized spacial score (nSPS) is 14.0. The molecule has 2 aromatic rings. The topological polar surface area (TPSA) is 72.4 Å². The monoisotopic (exact) mass is 333 g/mol. The van der Waals surface area contributed by atoms with Crippen LogP contribution in [0, 0.1) is 0 Å². The van der Waals surface area contributed by atoms with Crippen molar-refractivity contribution in [1.82, 2.24) is 15.2 Å². The van der Waals surface area contributed by atoms with Gasteiger partial charge in [0.25, 0.3) is 11.5 Å². The Morgan fingerprint density at radius 2 is 2.35 bits per heavy atom. The van der Waals surface area contributed by atoms with E-state index in [0.717, 1.165) is 24.3 Å². The largest absolute Gasteiger partial charge is 0.496 e. The summed E-state index contributed by atoms with van der Waals surface area (Å²) in [5, 5.41) is 10.1. The molecule has 23 heavy (non-hydrogen) atoms. The fourth-order valence-corrected chi connectivity index (χ4v) is 3.44. The molecule has 6 nitrogen and oxygen atoms in total. The number of carbonyl (C=O) groups excluding carboxylic acids is 1. The summed E-state index contributed by atoms with van der Waals surface area (Å²) in [5.74, 6) is 0.129. The van der Waals surface area contributed by atoms with Gasteiger partial charge in [0.2, 0.25) is 0 Å². The van der Waals surface area contributed by atoms with Crippen molar-refractivity contribution >= 4 is 17.2 Å². The summed E-state index contributed by atoms with van der Waals surface area (Å²) in [4.78, 5) is 24.9. The van der Waals surface area contributed by atoms with E-state index in [-0.39, 0.29) is 11.5 Å². The zero-order valence-electron chi connectivity index (χ0n) is 12.9. The minimum Gasteiger partial charge on any atom is -0.496 e. The first-order chi connectivity index (χ1) is 11.2. The van der Waals surface area contributed by atoms with Gasteiger partial charge >= 0.3 is 0 Å². The van der Waals surface area contributed by atoms with Crippen LogP contribution in [0.1, 0.15) is 21.6 Å². The summed E-state index contributed by atoms with van der Waals surface area (Å²) in [5.41, 5.74) is 2.13. The Hall–Kier alpha value is -2.12. The molecule has 0 aliphatic carbocycles. The van der Waals surface area contributed by atoms with Gasteiger partial charge in [0.1, 0.15) is 11.3 Å². The van der Waals surface area contributed by atoms with E-state index in [4.69, 9.17) is 4.74 Å². The molecule has 0 fully saturated rings. The van der Waals surface area contributed by atoms with Crippen molar-refractivity contribution in [3.63, 3.8) is 0 Å². The number of hydrogen-bond acceptors (Lipinski definition) is 5. The van der Waals surface area contributed by atoms with Crippen LogP contribution >= 0.6 is 11.3 Å². The molecule has 2 N–H and O–H groups in total. The molecule has 1 amide bonds. The second-order valence-corrected chi connectivity index (χ2v) is 6.12. The molecule has 1 aliphatic rings. The van der Waals surface area contributed by atoms with Crippen LogP contribution in [-0.4, -0.2) is 30.7 Å². The molecule has 3 heterocycles. The first kappa shape index (κ1) is 15.8. The van der Waals surface area contributed by atoms with Gasteiger partial charge in [-0.05, 0) is 22.4 Å². The van der Waals surface area contributed by atoms with E-state index in [1.807, 2.05) is 16.8 Å². The van der Waals surface area contributed by atoms with Gasteiger partial charge in [-0.1, -0.05) is 0 Å². The molecule has 0 bridgehead atoms. The fourth-order valence-electron chi connectivity index (χ4n) is 2.77. The third-order valence-corrected chi connectivity index (χ3v) is 4.64. The highest BCUT2D eigenvalue weighted by atomic mass is 32.1. The second kappa shape index (κ2) is 6.97. The number of nitrogens with zero attached hydrogens (tertiary/aromatic N) is 1. The number of pyridine rings is 1. The van der Waals surface area contributed by atoms with Crippen LogP contribution in [0.15, 0.2) is 27.7 Å². The number of fused-ring (bicyclic) bond motifs is 1. The molecule has 2 aromatic heterocycles. The van der Waals surface area contributed by atoms with Crippen LogP contribution in [0.5, 0.6) is 5.75 Å². The fraction of sp³-hybridized carbons (Fsp3) is 0.375. The van der Waals surface area contributed by atoms with Crippen LogP contribution in [0.2, 0.25) is 0 Å². The number of hydrogen-bond donors (Lipinski definition) is 2. The van der Waals surface area contributed by atoms with Crippen molar-refractivity contribution in [2.75, 3.05) is 20.2 Å². The van der Waals surface area contributed by atoms with Crippen LogP contribution in [0.25, 0.3) is 0 Å². The average molecular weight is 333 g/mol. The highest BCUT2D eigenvalue weighted by molar-refractivity contribution is 7.07. The minimum atomic E-state index is -0.210. The summed E-state index contributed by atoms with van der Waals surface area (Å²) >= 11 is 1.59. The molecule has 1 aliphatic heterocycles. The summed E-state index contributed by atoms with van der Waals surface area (Å²) in [6.45, 7) is 2.47. The Balaban J connectivity index is 1.95. The molecule has 0 saturated carbocycles. The average Bonchev–Trinajstić information content (AvgIpc) is 2.95. The molecule has 7 heteroatoms. The summed E-state index contributed by atoms with van der Waals surface area (Å²) in [6.07, 6.45) is 0.619. The van der Waals surface area contributed by atoms with Gasteiger partial charge < -0.3 is 19.9 Å². The van der Waals surface area contributed by atoms with Crippen LogP contribution in [0.4, 0.5) is 0 Å². The van der Waals surface area contributed by atoms with E-state index in [1.165, 1.54) is 13.2 Å². The summed E-state index contributed by atoms with van der Waals surface area (Å²) in [6, 6.07) is 3.37. The predicted molar refractivity (Wildman–Crippen MR) is 89.3 cm³/mol. The van der Waals surface area contributed by atoms with Crippen molar-refractivity contribution in [3.05, 3.63) is 50.1 Å². The Kier molecular flexibility index (Phi) is 4.78. The molecule has 0 spiro atoms. The maximum absolute atomic E-state index is 12.7. The van der Waals surface area contributed by atoms with E-state index in [1.54, 1.807) is 15.9 Å². The molecular formula is C16H19N3O3S. The lowest BCUT2D eigenvalue weighted by Crippen LogP contribution is -2.31. The van der Waals surface area contributed by atoms with Gasteiger partial charge in [0, 0.05) is 44.4 Å². The Morgan fingerprint density at radius 1 is 1.48 bits per heavy atom. The van der Waals surface area contributed by atoms with Gasteiger partial charge in [0.15, 0.2) is 0 Å². The van der Waals surface area contributed by atoms with Gasteiger partial charge in [-0.25, -0.2) is 0 Å². The smallest absolute Gasteiger partial charge is 0.257 e. The van der Waals surface area contributed by atoms with Crippen LogP contribution in [0.3, 0.4) is 0 Å². The molecule has 0 unspecified atom stereocenters. The van der Waals surface area contributed by atoms with Gasteiger partial charge in [-0.2, -0.15) is 11.3 Å². The van der Waals surface area contributed by atoms with Gasteiger partial charge in [0.05, 0.1) is 7.11 Å². The van der Waals surface area contributed by atoms with E-state index >= 15 is 0 Å². The summed E-state index contributed by atoms with van der Waals surface area (Å²) < 4.78 is 6.97. The Morgan fingerprint density at radius 3 is 3.09 bits per heavy atom. The third-order valence-electron chi connectivity index (χ3n) is 3.91. The quantitative estimate of drug-likeness (QED) is 0.875. The maximum Gasteiger partial charge on any atom is 0.257 e. The lowest BCUT2D eigenvalue weighted by Gasteiger charge is -2.17. The molecular weight excluding hydrogens is 314 g/mol. The van der Waals surface area contributed by atoms with Gasteiger partial charge in [-0.3, -0.25) is 9.59 Å². The maximum atomic E-state index is 12.7. The van der Waals surface area contributed by atoms with Crippen molar-refractivity contribution in [3.8, 4) is 5.75 Å². The van der Waals surface area contributed by atoms with E-state index < -0.39 is 0 Å².